The van der Waals surface area contributed by atoms with Crippen LogP contribution in [0.3, 0.4) is 0 Å². The third-order valence-electron chi connectivity index (χ3n) is 4.11. The molecule has 0 bridgehead atoms. The van der Waals surface area contributed by atoms with Crippen molar-refractivity contribution in [3.05, 3.63) is 64.7 Å². The van der Waals surface area contributed by atoms with Gasteiger partial charge in [0, 0.05) is 25.4 Å². The Bertz CT molecular complexity index is 1080. The van der Waals surface area contributed by atoms with Crippen molar-refractivity contribution in [2.75, 3.05) is 19.8 Å². The summed E-state index contributed by atoms with van der Waals surface area (Å²) >= 11 is 0. The van der Waals surface area contributed by atoms with Crippen molar-refractivity contribution in [1.82, 2.24) is 10.6 Å². The minimum atomic E-state index is -4.37. The lowest BCUT2D eigenvalue weighted by atomic mass is 10.1. The van der Waals surface area contributed by atoms with E-state index < -0.39 is 21.6 Å². The Morgan fingerprint density at radius 2 is 1.77 bits per heavy atom. The van der Waals surface area contributed by atoms with Gasteiger partial charge in [-0.3, -0.25) is 4.99 Å². The number of nitrogens with zero attached hydrogens (tertiary/aromatic N) is 1. The molecule has 0 saturated carbocycles. The van der Waals surface area contributed by atoms with Crippen molar-refractivity contribution in [2.24, 2.45) is 4.99 Å². The van der Waals surface area contributed by atoms with E-state index in [0.29, 0.717) is 28.5 Å². The number of alkyl halides is 3. The van der Waals surface area contributed by atoms with E-state index in [1.807, 2.05) is 0 Å². The summed E-state index contributed by atoms with van der Waals surface area (Å²) in [5, 5.41) is 6.08. The van der Waals surface area contributed by atoms with Gasteiger partial charge in [-0.25, -0.2) is 8.42 Å². The zero-order valence-electron chi connectivity index (χ0n) is 16.8. The second-order valence-electron chi connectivity index (χ2n) is 6.53. The van der Waals surface area contributed by atoms with Crippen LogP contribution in [-0.2, 0) is 22.6 Å². The van der Waals surface area contributed by atoms with Crippen molar-refractivity contribution >= 4 is 15.8 Å². The maximum atomic E-state index is 12.6. The highest BCUT2D eigenvalue weighted by Crippen LogP contribution is 2.28. The van der Waals surface area contributed by atoms with Crippen LogP contribution in [0.15, 0.2) is 52.4 Å². The zero-order chi connectivity index (χ0) is 22.4. The van der Waals surface area contributed by atoms with Gasteiger partial charge in [0.2, 0.25) is 0 Å². The van der Waals surface area contributed by atoms with Crippen molar-refractivity contribution < 1.29 is 21.6 Å². The van der Waals surface area contributed by atoms with Crippen molar-refractivity contribution in [3.63, 3.8) is 0 Å². The highest BCUT2D eigenvalue weighted by atomic mass is 32.2. The standard InChI is InChI=1S/C21H22F3N3O2S/c1-15-13-17(8-11-19(15)30(3,28)29)14-27-20(25-2)26-12-4-5-16-6-9-18(10-7-16)21(22,23)24/h6-11,13H,12,14H2,1-3H3,(H2,25,26,27). The second-order valence-corrected chi connectivity index (χ2v) is 8.51. The summed E-state index contributed by atoms with van der Waals surface area (Å²) in [6, 6.07) is 9.74. The Kier molecular flexibility index (Phi) is 7.51. The van der Waals surface area contributed by atoms with Crippen LogP contribution in [0.25, 0.3) is 0 Å². The highest BCUT2D eigenvalue weighted by molar-refractivity contribution is 7.90. The first kappa shape index (κ1) is 23.3. The monoisotopic (exact) mass is 437 g/mol. The molecule has 0 saturated heterocycles. The zero-order valence-corrected chi connectivity index (χ0v) is 17.6. The van der Waals surface area contributed by atoms with E-state index in [1.54, 1.807) is 32.2 Å². The topological polar surface area (TPSA) is 70.6 Å². The van der Waals surface area contributed by atoms with Gasteiger partial charge in [0.15, 0.2) is 15.8 Å². The summed E-state index contributed by atoms with van der Waals surface area (Å²) in [5.41, 5.74) is 1.32. The number of rotatable bonds is 4. The van der Waals surface area contributed by atoms with Crippen LogP contribution < -0.4 is 10.6 Å². The van der Waals surface area contributed by atoms with Gasteiger partial charge >= 0.3 is 6.18 Å². The van der Waals surface area contributed by atoms with Crippen LogP contribution in [0.2, 0.25) is 0 Å². The number of nitrogens with one attached hydrogen (secondary N) is 2. The minimum absolute atomic E-state index is 0.243. The van der Waals surface area contributed by atoms with Gasteiger partial charge in [-0.15, -0.1) is 0 Å². The summed E-state index contributed by atoms with van der Waals surface area (Å²) in [6.07, 6.45) is -3.19. The maximum absolute atomic E-state index is 12.6. The Balaban J connectivity index is 1.89. The molecule has 2 N–H and O–H groups in total. The molecule has 2 rings (SSSR count). The number of guanidine groups is 1. The van der Waals surface area contributed by atoms with Gasteiger partial charge in [0.25, 0.3) is 0 Å². The van der Waals surface area contributed by atoms with Crippen molar-refractivity contribution in [3.8, 4) is 11.8 Å². The highest BCUT2D eigenvalue weighted by Gasteiger charge is 2.29. The molecule has 0 aliphatic rings. The first-order valence-electron chi connectivity index (χ1n) is 8.91. The fourth-order valence-electron chi connectivity index (χ4n) is 2.66. The summed E-state index contributed by atoms with van der Waals surface area (Å²) in [6.45, 7) is 2.41. The quantitative estimate of drug-likeness (QED) is 0.438. The Hall–Kier alpha value is -2.99. The first-order valence-corrected chi connectivity index (χ1v) is 10.8. The van der Waals surface area contributed by atoms with Crippen molar-refractivity contribution in [2.45, 2.75) is 24.5 Å². The van der Waals surface area contributed by atoms with E-state index in [2.05, 4.69) is 27.5 Å². The molecule has 160 valence electrons. The minimum Gasteiger partial charge on any atom is -0.352 e. The van der Waals surface area contributed by atoms with Crippen LogP contribution in [-0.4, -0.2) is 34.2 Å². The molecule has 0 radical (unpaired) electrons. The van der Waals surface area contributed by atoms with E-state index in [1.165, 1.54) is 18.4 Å². The van der Waals surface area contributed by atoms with Gasteiger partial charge in [0.1, 0.15) is 0 Å². The van der Waals surface area contributed by atoms with Crippen molar-refractivity contribution in [1.29, 1.82) is 0 Å². The SMILES string of the molecule is CN=C(NCC#Cc1ccc(C(F)(F)F)cc1)NCc1ccc(S(C)(=O)=O)c(C)c1. The van der Waals surface area contributed by atoms with Gasteiger partial charge in [-0.2, -0.15) is 13.2 Å². The van der Waals surface area contributed by atoms with Gasteiger partial charge in [0.05, 0.1) is 17.0 Å². The normalized spacial score (nSPS) is 12.1. The molecule has 0 atom stereocenters. The Labute approximate surface area is 174 Å². The Morgan fingerprint density at radius 3 is 2.30 bits per heavy atom. The Morgan fingerprint density at radius 1 is 1.10 bits per heavy atom. The van der Waals surface area contributed by atoms with Crippen LogP contribution in [0.4, 0.5) is 13.2 Å². The lowest BCUT2D eigenvalue weighted by Gasteiger charge is -2.11. The molecule has 30 heavy (non-hydrogen) atoms. The third-order valence-corrected chi connectivity index (χ3v) is 5.37. The fourth-order valence-corrected chi connectivity index (χ4v) is 3.62. The average Bonchev–Trinajstić information content (AvgIpc) is 2.66. The predicted octanol–water partition coefficient (Wildman–Crippen LogP) is 3.13. The number of aliphatic imine (C=N–C) groups is 1. The molecule has 0 aliphatic heterocycles. The number of hydrogen-bond donors (Lipinski definition) is 2. The third kappa shape index (κ3) is 6.81. The van der Waals surface area contributed by atoms with E-state index in [-0.39, 0.29) is 6.54 Å². The fraction of sp³-hybridized carbons (Fsp3) is 0.286. The molecule has 0 aromatic heterocycles. The lowest BCUT2D eigenvalue weighted by Crippen LogP contribution is -2.37. The van der Waals surface area contributed by atoms with Crippen LogP contribution in [0.5, 0.6) is 0 Å². The van der Waals surface area contributed by atoms with Crippen LogP contribution in [0.1, 0.15) is 22.3 Å². The molecule has 5 nitrogen and oxygen atoms in total. The average molecular weight is 437 g/mol. The van der Waals surface area contributed by atoms with E-state index >= 15 is 0 Å². The summed E-state index contributed by atoms with van der Waals surface area (Å²) in [7, 11) is -1.67. The first-order chi connectivity index (χ1) is 14.0. The molecule has 0 spiro atoms. The summed E-state index contributed by atoms with van der Waals surface area (Å²) < 4.78 is 61.0. The molecule has 2 aromatic rings. The van der Waals surface area contributed by atoms with Crippen LogP contribution in [0, 0.1) is 18.8 Å². The van der Waals surface area contributed by atoms with Crippen LogP contribution >= 0.6 is 0 Å². The molecule has 9 heteroatoms. The number of aryl methyl sites for hydroxylation is 1. The lowest BCUT2D eigenvalue weighted by molar-refractivity contribution is -0.137. The molecular formula is C21H22F3N3O2S. The van der Waals surface area contributed by atoms with Gasteiger partial charge < -0.3 is 10.6 Å². The number of sulfone groups is 1. The molecule has 0 fully saturated rings. The number of benzene rings is 2. The molecular weight excluding hydrogens is 415 g/mol. The largest absolute Gasteiger partial charge is 0.416 e. The second kappa shape index (κ2) is 9.67. The predicted molar refractivity (Wildman–Crippen MR) is 111 cm³/mol. The molecule has 0 aliphatic carbocycles. The van der Waals surface area contributed by atoms with Gasteiger partial charge in [-0.1, -0.05) is 24.0 Å². The van der Waals surface area contributed by atoms with E-state index in [4.69, 9.17) is 0 Å². The summed E-state index contributed by atoms with van der Waals surface area (Å²) in [5.74, 6) is 6.10. The smallest absolute Gasteiger partial charge is 0.352 e. The molecule has 0 heterocycles. The van der Waals surface area contributed by atoms with Gasteiger partial charge in [-0.05, 0) is 48.4 Å². The van der Waals surface area contributed by atoms with E-state index in [0.717, 1.165) is 17.7 Å². The number of halogens is 3. The molecule has 0 amide bonds. The van der Waals surface area contributed by atoms with E-state index in [9.17, 15) is 21.6 Å². The summed E-state index contributed by atoms with van der Waals surface area (Å²) in [4.78, 5) is 4.37. The maximum Gasteiger partial charge on any atom is 0.416 e. The molecule has 2 aromatic carbocycles. The molecule has 0 unspecified atom stereocenters. The number of hydrogen-bond acceptors (Lipinski definition) is 3.